The van der Waals surface area contributed by atoms with Gasteiger partial charge in [0.2, 0.25) is 0 Å². The molecule has 2 N–H and O–H groups in total. The molecule has 0 atom stereocenters. The zero-order chi connectivity index (χ0) is 9.30. The van der Waals surface area contributed by atoms with Crippen LogP contribution < -0.4 is 5.73 Å². The molecule has 1 aromatic rings. The molecule has 66 valence electrons. The number of methoxy groups -OCH3 is 1. The SMILES string of the molecule is COC(=O)c1c(C)sc(C)c1N. The van der Waals surface area contributed by atoms with Gasteiger partial charge in [0.05, 0.1) is 18.4 Å². The molecule has 4 heteroatoms. The van der Waals surface area contributed by atoms with Crippen LogP contribution in [0.25, 0.3) is 0 Å². The van der Waals surface area contributed by atoms with E-state index in [4.69, 9.17) is 5.73 Å². The zero-order valence-corrected chi connectivity index (χ0v) is 8.12. The maximum absolute atomic E-state index is 11.2. The van der Waals surface area contributed by atoms with Gasteiger partial charge in [0.1, 0.15) is 0 Å². The van der Waals surface area contributed by atoms with Crippen LogP contribution in [0.2, 0.25) is 0 Å². The van der Waals surface area contributed by atoms with Crippen molar-refractivity contribution in [3.8, 4) is 0 Å². The van der Waals surface area contributed by atoms with E-state index in [0.717, 1.165) is 9.75 Å². The van der Waals surface area contributed by atoms with Gasteiger partial charge in [-0.2, -0.15) is 0 Å². The van der Waals surface area contributed by atoms with Crippen molar-refractivity contribution in [3.05, 3.63) is 15.3 Å². The molecule has 0 aliphatic rings. The fraction of sp³-hybridized carbons (Fsp3) is 0.375. The number of carbonyl (C=O) groups excluding carboxylic acids is 1. The van der Waals surface area contributed by atoms with E-state index in [2.05, 4.69) is 4.74 Å². The molecule has 1 aromatic heterocycles. The van der Waals surface area contributed by atoms with Crippen LogP contribution in [0.4, 0.5) is 5.69 Å². The van der Waals surface area contributed by atoms with E-state index in [-0.39, 0.29) is 5.97 Å². The van der Waals surface area contributed by atoms with E-state index in [1.165, 1.54) is 18.4 Å². The fourth-order valence-electron chi connectivity index (χ4n) is 1.06. The van der Waals surface area contributed by atoms with Gasteiger partial charge in [-0.25, -0.2) is 4.79 Å². The summed E-state index contributed by atoms with van der Waals surface area (Å²) in [5, 5.41) is 0. The van der Waals surface area contributed by atoms with E-state index in [0.29, 0.717) is 11.3 Å². The summed E-state index contributed by atoms with van der Waals surface area (Å²) in [5.41, 5.74) is 6.75. The standard InChI is InChI=1S/C8H11NO2S/c1-4-6(8(10)11-3)7(9)5(2)12-4/h9H2,1-3H3. The molecule has 12 heavy (non-hydrogen) atoms. The van der Waals surface area contributed by atoms with Crippen LogP contribution in [0.1, 0.15) is 20.1 Å². The molecule has 0 aliphatic carbocycles. The van der Waals surface area contributed by atoms with Gasteiger partial charge >= 0.3 is 5.97 Å². The van der Waals surface area contributed by atoms with Crippen LogP contribution >= 0.6 is 11.3 Å². The molecule has 0 aliphatic heterocycles. The summed E-state index contributed by atoms with van der Waals surface area (Å²) in [7, 11) is 1.36. The minimum atomic E-state index is -0.352. The first-order valence-electron chi connectivity index (χ1n) is 3.51. The van der Waals surface area contributed by atoms with Crippen molar-refractivity contribution in [1.29, 1.82) is 0 Å². The van der Waals surface area contributed by atoms with Crippen molar-refractivity contribution in [3.63, 3.8) is 0 Å². The van der Waals surface area contributed by atoms with Crippen molar-refractivity contribution in [2.24, 2.45) is 0 Å². The lowest BCUT2D eigenvalue weighted by Gasteiger charge is -1.98. The Bertz CT molecular complexity index is 317. The molecule has 0 unspecified atom stereocenters. The average Bonchev–Trinajstić information content (AvgIpc) is 2.26. The maximum atomic E-state index is 11.2. The molecular weight excluding hydrogens is 174 g/mol. The predicted octanol–water partition coefficient (Wildman–Crippen LogP) is 1.73. The van der Waals surface area contributed by atoms with Crippen LogP contribution in [-0.4, -0.2) is 13.1 Å². The third-order valence-corrected chi connectivity index (χ3v) is 2.73. The molecule has 1 rings (SSSR count). The monoisotopic (exact) mass is 185 g/mol. The van der Waals surface area contributed by atoms with Crippen LogP contribution in [0, 0.1) is 13.8 Å². The van der Waals surface area contributed by atoms with E-state index in [1.54, 1.807) is 0 Å². The van der Waals surface area contributed by atoms with Crippen molar-refractivity contribution >= 4 is 23.0 Å². The maximum Gasteiger partial charge on any atom is 0.341 e. The van der Waals surface area contributed by atoms with Crippen LogP contribution in [0.5, 0.6) is 0 Å². The van der Waals surface area contributed by atoms with Crippen molar-refractivity contribution in [2.75, 3.05) is 12.8 Å². The predicted molar refractivity (Wildman–Crippen MR) is 49.5 cm³/mol. The number of nitrogens with two attached hydrogens (primary N) is 1. The number of thiophene rings is 1. The molecule has 0 radical (unpaired) electrons. The van der Waals surface area contributed by atoms with Crippen molar-refractivity contribution < 1.29 is 9.53 Å². The van der Waals surface area contributed by atoms with Gasteiger partial charge in [-0.15, -0.1) is 11.3 Å². The average molecular weight is 185 g/mol. The Balaban J connectivity index is 3.22. The van der Waals surface area contributed by atoms with Gasteiger partial charge in [-0.3, -0.25) is 0 Å². The number of nitrogen functional groups attached to an aromatic ring is 1. The van der Waals surface area contributed by atoms with Gasteiger partial charge in [0.15, 0.2) is 0 Å². The van der Waals surface area contributed by atoms with Gasteiger partial charge in [-0.1, -0.05) is 0 Å². The normalized spacial score (nSPS) is 9.92. The number of rotatable bonds is 1. The van der Waals surface area contributed by atoms with Crippen molar-refractivity contribution in [2.45, 2.75) is 13.8 Å². The van der Waals surface area contributed by atoms with Gasteiger partial charge in [0, 0.05) is 9.75 Å². The Morgan fingerprint density at radius 3 is 2.33 bits per heavy atom. The number of aryl methyl sites for hydroxylation is 2. The first-order chi connectivity index (χ1) is 5.57. The topological polar surface area (TPSA) is 52.3 Å². The molecule has 0 saturated heterocycles. The summed E-state index contributed by atoms with van der Waals surface area (Å²) in [6.45, 7) is 3.75. The summed E-state index contributed by atoms with van der Waals surface area (Å²) < 4.78 is 4.60. The van der Waals surface area contributed by atoms with Gasteiger partial charge in [-0.05, 0) is 13.8 Å². The first-order valence-corrected chi connectivity index (χ1v) is 4.33. The minimum absolute atomic E-state index is 0.352. The summed E-state index contributed by atoms with van der Waals surface area (Å²) in [6, 6.07) is 0. The highest BCUT2D eigenvalue weighted by Gasteiger charge is 2.17. The molecular formula is C8H11NO2S. The largest absolute Gasteiger partial charge is 0.465 e. The number of hydrogen-bond donors (Lipinski definition) is 1. The Hall–Kier alpha value is -1.03. The lowest BCUT2D eigenvalue weighted by molar-refractivity contribution is 0.0602. The summed E-state index contributed by atoms with van der Waals surface area (Å²) in [6.07, 6.45) is 0. The molecule has 0 saturated carbocycles. The minimum Gasteiger partial charge on any atom is -0.465 e. The second-order valence-electron chi connectivity index (χ2n) is 2.49. The number of ether oxygens (including phenoxy) is 1. The van der Waals surface area contributed by atoms with Gasteiger partial charge < -0.3 is 10.5 Å². The highest BCUT2D eigenvalue weighted by atomic mass is 32.1. The van der Waals surface area contributed by atoms with Crippen LogP contribution in [0.15, 0.2) is 0 Å². The fourth-order valence-corrected chi connectivity index (χ4v) is 2.02. The lowest BCUT2D eigenvalue weighted by atomic mass is 10.2. The Morgan fingerprint density at radius 1 is 1.42 bits per heavy atom. The number of esters is 1. The van der Waals surface area contributed by atoms with Gasteiger partial charge in [0.25, 0.3) is 0 Å². The third kappa shape index (κ3) is 1.30. The van der Waals surface area contributed by atoms with Crippen LogP contribution in [0.3, 0.4) is 0 Å². The first kappa shape index (κ1) is 9.06. The summed E-state index contributed by atoms with van der Waals surface area (Å²) >= 11 is 1.51. The summed E-state index contributed by atoms with van der Waals surface area (Å²) in [4.78, 5) is 13.1. The highest BCUT2D eigenvalue weighted by molar-refractivity contribution is 7.12. The second-order valence-corrected chi connectivity index (χ2v) is 3.92. The zero-order valence-electron chi connectivity index (χ0n) is 7.30. The molecule has 3 nitrogen and oxygen atoms in total. The third-order valence-electron chi connectivity index (χ3n) is 1.70. The Morgan fingerprint density at radius 2 is 2.00 bits per heavy atom. The van der Waals surface area contributed by atoms with E-state index >= 15 is 0 Å². The van der Waals surface area contributed by atoms with E-state index in [1.807, 2.05) is 13.8 Å². The van der Waals surface area contributed by atoms with Crippen molar-refractivity contribution in [1.82, 2.24) is 0 Å². The Kier molecular flexibility index (Phi) is 2.38. The molecule has 0 spiro atoms. The van der Waals surface area contributed by atoms with E-state index < -0.39 is 0 Å². The number of hydrogen-bond acceptors (Lipinski definition) is 4. The molecule has 0 bridgehead atoms. The number of anilines is 1. The molecule has 0 aromatic carbocycles. The molecule has 1 heterocycles. The number of carbonyl (C=O) groups is 1. The lowest BCUT2D eigenvalue weighted by Crippen LogP contribution is -2.04. The smallest absolute Gasteiger partial charge is 0.341 e. The second kappa shape index (κ2) is 3.15. The Labute approximate surface area is 75.1 Å². The molecule has 0 amide bonds. The highest BCUT2D eigenvalue weighted by Crippen LogP contribution is 2.29. The molecule has 0 fully saturated rings. The summed E-state index contributed by atoms with van der Waals surface area (Å²) in [5.74, 6) is -0.352. The quantitative estimate of drug-likeness (QED) is 0.678. The van der Waals surface area contributed by atoms with E-state index in [9.17, 15) is 4.79 Å². The van der Waals surface area contributed by atoms with Crippen LogP contribution in [-0.2, 0) is 4.74 Å².